The van der Waals surface area contributed by atoms with Gasteiger partial charge in [-0.3, -0.25) is 33.6 Å². The zero-order valence-corrected chi connectivity index (χ0v) is 33.1. The third-order valence-corrected chi connectivity index (χ3v) is 11.3. The molecule has 3 aromatic carbocycles. The van der Waals surface area contributed by atoms with Crippen LogP contribution < -0.4 is 26.0 Å². The summed E-state index contributed by atoms with van der Waals surface area (Å²) in [5.74, 6) is -6.99. The molecule has 0 bridgehead atoms. The second-order valence-corrected chi connectivity index (χ2v) is 16.1. The van der Waals surface area contributed by atoms with Crippen molar-refractivity contribution < 1.29 is 52.2 Å². The van der Waals surface area contributed by atoms with Gasteiger partial charge in [0.25, 0.3) is 15.9 Å². The normalized spacial score (nSPS) is 15.2. The lowest BCUT2D eigenvalue weighted by Crippen LogP contribution is -2.59. The Kier molecular flexibility index (Phi) is 16.7. The Bertz CT molecular complexity index is 2050. The van der Waals surface area contributed by atoms with Crippen LogP contribution in [0.5, 0.6) is 0 Å². The number of rotatable bonds is 21. The first-order chi connectivity index (χ1) is 27.7. The van der Waals surface area contributed by atoms with E-state index in [1.54, 1.807) is 19.1 Å². The summed E-state index contributed by atoms with van der Waals surface area (Å²) in [6, 6.07) is 14.7. The number of benzene rings is 3. The average Bonchev–Trinajstić information content (AvgIpc) is 3.20. The molecule has 16 nitrogen and oxygen atoms in total. The van der Waals surface area contributed by atoms with Crippen LogP contribution in [0.15, 0.2) is 77.7 Å². The standard InChI is InChI=1S/C41H51N5O11S/c1-2-11-31(40(54)46-58(56,57)30-16-7-4-8-17-30)42-39(53)33(25-26-18-19-27-12-9-10-15-29(27)24-26)44-38(52)32(20-22-35(48)49)43-41(55)37(28-13-5-3-6-14-28)45-34(47)21-23-36(50)51/h4,7-10,12,15-19,24,28,31-33,37H,2-3,5-6,11,13-14,20-23,25H2,1H3,(H,42,53)(H,43,55)(H,44,52)(H,45,47)(H,46,54)(H,48,49)(H,50,51)/t31-,32-,33-,37-/m0/s1. The van der Waals surface area contributed by atoms with Gasteiger partial charge in [-0.25, -0.2) is 13.1 Å². The van der Waals surface area contributed by atoms with Crippen molar-refractivity contribution in [1.29, 1.82) is 0 Å². The molecule has 0 heterocycles. The fraction of sp³-hybridized carbons (Fsp3) is 0.439. The van der Waals surface area contributed by atoms with Gasteiger partial charge in [0.2, 0.25) is 23.6 Å². The zero-order valence-electron chi connectivity index (χ0n) is 32.3. The highest BCUT2D eigenvalue weighted by Crippen LogP contribution is 2.27. The first-order valence-electron chi connectivity index (χ1n) is 19.4. The number of carboxylic acids is 2. The number of sulfonamides is 1. The van der Waals surface area contributed by atoms with Crippen molar-refractivity contribution >= 4 is 62.3 Å². The SMILES string of the molecule is CCC[C@H](NC(=O)[C@H](Cc1ccc2ccccc2c1)NC(=O)[C@H](CCC(=O)O)NC(=O)[C@@H](NC(=O)CCC(=O)O)C1CCCCC1)C(=O)NS(=O)(=O)c1ccccc1. The molecule has 1 fully saturated rings. The first-order valence-corrected chi connectivity index (χ1v) is 20.9. The van der Waals surface area contributed by atoms with E-state index in [0.29, 0.717) is 24.8 Å². The number of carbonyl (C=O) groups is 7. The van der Waals surface area contributed by atoms with Crippen LogP contribution in [-0.2, 0) is 50.0 Å². The second kappa shape index (κ2) is 21.6. The number of carbonyl (C=O) groups excluding carboxylic acids is 5. The molecule has 4 atom stereocenters. The highest BCUT2D eigenvalue weighted by molar-refractivity contribution is 7.90. The van der Waals surface area contributed by atoms with Gasteiger partial charge >= 0.3 is 11.9 Å². The molecule has 58 heavy (non-hydrogen) atoms. The number of nitrogens with one attached hydrogen (secondary N) is 5. The summed E-state index contributed by atoms with van der Waals surface area (Å²) in [5, 5.41) is 30.8. The Balaban J connectivity index is 1.61. The maximum Gasteiger partial charge on any atom is 0.303 e. The van der Waals surface area contributed by atoms with Gasteiger partial charge in [0, 0.05) is 19.3 Å². The zero-order chi connectivity index (χ0) is 42.2. The van der Waals surface area contributed by atoms with E-state index in [4.69, 9.17) is 5.11 Å². The van der Waals surface area contributed by atoms with Gasteiger partial charge < -0.3 is 31.5 Å². The van der Waals surface area contributed by atoms with Crippen LogP contribution in [0, 0.1) is 5.92 Å². The van der Waals surface area contributed by atoms with Crippen molar-refractivity contribution in [2.24, 2.45) is 5.92 Å². The largest absolute Gasteiger partial charge is 0.481 e. The van der Waals surface area contributed by atoms with E-state index in [1.165, 1.54) is 24.3 Å². The van der Waals surface area contributed by atoms with Crippen LogP contribution in [0.3, 0.4) is 0 Å². The van der Waals surface area contributed by atoms with Gasteiger partial charge in [0.15, 0.2) is 0 Å². The summed E-state index contributed by atoms with van der Waals surface area (Å²) in [6.07, 6.45) is 2.15. The molecule has 1 aliphatic carbocycles. The summed E-state index contributed by atoms with van der Waals surface area (Å²) in [6.45, 7) is 1.73. The van der Waals surface area contributed by atoms with Crippen LogP contribution in [-0.4, -0.2) is 84.3 Å². The Labute approximate surface area is 337 Å². The minimum absolute atomic E-state index is 0.0383. The molecule has 0 saturated heterocycles. The van der Waals surface area contributed by atoms with E-state index in [-0.39, 0.29) is 36.5 Å². The van der Waals surface area contributed by atoms with Crippen LogP contribution in [0.1, 0.15) is 83.1 Å². The Hall–Kier alpha value is -5.84. The molecule has 0 aromatic heterocycles. The quantitative estimate of drug-likeness (QED) is 0.0823. The average molecular weight is 822 g/mol. The van der Waals surface area contributed by atoms with E-state index in [9.17, 15) is 47.1 Å². The van der Waals surface area contributed by atoms with E-state index < -0.39 is 88.5 Å². The predicted molar refractivity (Wildman–Crippen MR) is 212 cm³/mol. The van der Waals surface area contributed by atoms with Crippen molar-refractivity contribution in [1.82, 2.24) is 26.0 Å². The minimum atomic E-state index is -4.29. The topological polar surface area (TPSA) is 254 Å². The number of amides is 5. The Morgan fingerprint density at radius 2 is 1.22 bits per heavy atom. The molecule has 0 radical (unpaired) electrons. The van der Waals surface area contributed by atoms with Crippen molar-refractivity contribution in [2.45, 2.75) is 113 Å². The molecule has 0 spiro atoms. The van der Waals surface area contributed by atoms with Crippen molar-refractivity contribution in [2.75, 3.05) is 0 Å². The Morgan fingerprint density at radius 3 is 1.88 bits per heavy atom. The van der Waals surface area contributed by atoms with Gasteiger partial charge in [0.05, 0.1) is 11.3 Å². The lowest BCUT2D eigenvalue weighted by atomic mass is 9.83. The number of fused-ring (bicyclic) bond motifs is 1. The van der Waals surface area contributed by atoms with Crippen molar-refractivity contribution in [3.63, 3.8) is 0 Å². The molecular formula is C41H51N5O11S. The maximum absolute atomic E-state index is 14.1. The van der Waals surface area contributed by atoms with E-state index >= 15 is 0 Å². The lowest BCUT2D eigenvalue weighted by Gasteiger charge is -2.31. The molecule has 17 heteroatoms. The second-order valence-electron chi connectivity index (χ2n) is 14.4. The third-order valence-electron chi connectivity index (χ3n) is 9.95. The molecule has 0 aliphatic heterocycles. The molecule has 312 valence electrons. The maximum atomic E-state index is 14.1. The van der Waals surface area contributed by atoms with E-state index in [2.05, 4.69) is 21.3 Å². The minimum Gasteiger partial charge on any atom is -0.481 e. The predicted octanol–water partition coefficient (Wildman–Crippen LogP) is 2.94. The van der Waals surface area contributed by atoms with Gasteiger partial charge in [-0.15, -0.1) is 0 Å². The fourth-order valence-corrected chi connectivity index (χ4v) is 7.94. The summed E-state index contributed by atoms with van der Waals surface area (Å²) < 4.78 is 28.0. The van der Waals surface area contributed by atoms with Crippen LogP contribution in [0.25, 0.3) is 10.8 Å². The summed E-state index contributed by atoms with van der Waals surface area (Å²) >= 11 is 0. The van der Waals surface area contributed by atoms with E-state index in [1.807, 2.05) is 41.1 Å². The molecule has 5 amide bonds. The molecule has 4 rings (SSSR count). The third kappa shape index (κ3) is 13.7. The number of carboxylic acid groups (broad SMARTS) is 2. The van der Waals surface area contributed by atoms with Crippen LogP contribution in [0.2, 0.25) is 0 Å². The van der Waals surface area contributed by atoms with Crippen molar-refractivity contribution in [3.05, 3.63) is 78.4 Å². The van der Waals surface area contributed by atoms with E-state index in [0.717, 1.165) is 30.0 Å². The fourth-order valence-electron chi connectivity index (χ4n) is 6.90. The smallest absolute Gasteiger partial charge is 0.303 e. The summed E-state index contributed by atoms with van der Waals surface area (Å²) in [5.41, 5.74) is 0.606. The van der Waals surface area contributed by atoms with Gasteiger partial charge in [-0.2, -0.15) is 0 Å². The van der Waals surface area contributed by atoms with Gasteiger partial charge in [-0.05, 0) is 60.1 Å². The molecular weight excluding hydrogens is 771 g/mol. The molecule has 3 aromatic rings. The van der Waals surface area contributed by atoms with Crippen LogP contribution >= 0.6 is 0 Å². The van der Waals surface area contributed by atoms with Gasteiger partial charge in [0.1, 0.15) is 24.2 Å². The Morgan fingerprint density at radius 1 is 0.638 bits per heavy atom. The summed E-state index contributed by atoms with van der Waals surface area (Å²) in [7, 11) is -4.29. The molecule has 0 unspecified atom stereocenters. The summed E-state index contributed by atoms with van der Waals surface area (Å²) in [4.78, 5) is 90.8. The number of hydrogen-bond acceptors (Lipinski definition) is 9. The highest BCUT2D eigenvalue weighted by atomic mass is 32.2. The monoisotopic (exact) mass is 821 g/mol. The first kappa shape index (κ1) is 44.9. The number of hydrogen-bond donors (Lipinski definition) is 7. The highest BCUT2D eigenvalue weighted by Gasteiger charge is 2.35. The van der Waals surface area contributed by atoms with Gasteiger partial charge in [-0.1, -0.05) is 93.3 Å². The van der Waals surface area contributed by atoms with Crippen LogP contribution in [0.4, 0.5) is 0 Å². The molecule has 7 N–H and O–H groups in total. The lowest BCUT2D eigenvalue weighted by molar-refractivity contribution is -0.140. The number of aliphatic carboxylic acids is 2. The van der Waals surface area contributed by atoms with Crippen molar-refractivity contribution in [3.8, 4) is 0 Å². The molecule has 1 saturated carbocycles. The molecule has 1 aliphatic rings.